The molecule has 0 radical (unpaired) electrons. The van der Waals surface area contributed by atoms with Gasteiger partial charge in [0.25, 0.3) is 5.91 Å². The third-order valence-corrected chi connectivity index (χ3v) is 5.13. The molecule has 6 heteroatoms. The van der Waals surface area contributed by atoms with Crippen LogP contribution in [0.2, 0.25) is 0 Å². The van der Waals surface area contributed by atoms with Gasteiger partial charge in [0.05, 0.1) is 5.52 Å². The minimum Gasteiger partial charge on any atom is -0.356 e. The van der Waals surface area contributed by atoms with Gasteiger partial charge in [-0.2, -0.15) is 0 Å². The van der Waals surface area contributed by atoms with E-state index in [0.717, 1.165) is 33.3 Å². The molecule has 0 aliphatic rings. The molecule has 2 N–H and O–H groups in total. The maximum atomic E-state index is 14.1. The fourth-order valence-electron chi connectivity index (χ4n) is 3.62. The van der Waals surface area contributed by atoms with Crippen molar-refractivity contribution in [1.29, 1.82) is 0 Å². The molecule has 1 amide bonds. The summed E-state index contributed by atoms with van der Waals surface area (Å²) in [4.78, 5) is 23.6. The average molecular weight is 388 g/mol. The Morgan fingerprint density at radius 2 is 1.76 bits per heavy atom. The van der Waals surface area contributed by atoms with E-state index in [-0.39, 0.29) is 11.7 Å². The minimum absolute atomic E-state index is 0.138. The highest BCUT2D eigenvalue weighted by molar-refractivity contribution is 5.94. The monoisotopic (exact) mass is 388 g/mol. The molecule has 0 unspecified atom stereocenters. The Labute approximate surface area is 168 Å². The maximum absolute atomic E-state index is 14.1. The Kier molecular flexibility index (Phi) is 5.08. The molecule has 4 rings (SSSR count). The van der Waals surface area contributed by atoms with Crippen LogP contribution in [0.3, 0.4) is 0 Å². The van der Waals surface area contributed by atoms with E-state index in [2.05, 4.69) is 20.3 Å². The summed E-state index contributed by atoms with van der Waals surface area (Å²) in [5.41, 5.74) is 5.96. The first-order chi connectivity index (χ1) is 14.0. The summed E-state index contributed by atoms with van der Waals surface area (Å²) in [5, 5.41) is 3.86. The molecule has 2 aromatic heterocycles. The molecule has 0 bridgehead atoms. The highest BCUT2D eigenvalue weighted by Gasteiger charge is 2.14. The first-order valence-corrected chi connectivity index (χ1v) is 9.44. The third kappa shape index (κ3) is 3.74. The number of carbonyl (C=O) groups is 1. The van der Waals surface area contributed by atoms with Crippen molar-refractivity contribution in [2.45, 2.75) is 20.3 Å². The fourth-order valence-corrected chi connectivity index (χ4v) is 3.62. The average Bonchev–Trinajstić information content (AvgIpc) is 3.09. The van der Waals surface area contributed by atoms with Gasteiger partial charge in [-0.3, -0.25) is 4.79 Å². The van der Waals surface area contributed by atoms with Crippen molar-refractivity contribution >= 4 is 16.8 Å². The number of rotatable bonds is 5. The molecule has 4 aromatic rings. The van der Waals surface area contributed by atoms with Crippen molar-refractivity contribution in [3.05, 3.63) is 83.3 Å². The van der Waals surface area contributed by atoms with Crippen LogP contribution in [0.15, 0.2) is 55.1 Å². The summed E-state index contributed by atoms with van der Waals surface area (Å²) >= 11 is 0. The Balaban J connectivity index is 1.44. The van der Waals surface area contributed by atoms with Crippen LogP contribution in [0.5, 0.6) is 0 Å². The lowest BCUT2D eigenvalue weighted by molar-refractivity contribution is 0.0954. The van der Waals surface area contributed by atoms with Crippen LogP contribution < -0.4 is 5.32 Å². The zero-order chi connectivity index (χ0) is 20.4. The summed E-state index contributed by atoms with van der Waals surface area (Å²) < 4.78 is 14.1. The second-order valence-corrected chi connectivity index (χ2v) is 7.05. The number of fused-ring (bicyclic) bond motifs is 1. The molecular weight excluding hydrogens is 367 g/mol. The van der Waals surface area contributed by atoms with Gasteiger partial charge in [-0.25, -0.2) is 14.4 Å². The van der Waals surface area contributed by atoms with Crippen molar-refractivity contribution < 1.29 is 9.18 Å². The summed E-state index contributed by atoms with van der Waals surface area (Å²) in [7, 11) is 0. The highest BCUT2D eigenvalue weighted by atomic mass is 19.1. The number of aryl methyl sites for hydroxylation is 2. The third-order valence-electron chi connectivity index (χ3n) is 5.13. The number of carbonyl (C=O) groups excluding carboxylic acids is 1. The van der Waals surface area contributed by atoms with Crippen molar-refractivity contribution in [2.75, 3.05) is 6.54 Å². The number of nitrogens with zero attached hydrogens (tertiary/aromatic N) is 2. The van der Waals surface area contributed by atoms with Gasteiger partial charge in [0.1, 0.15) is 12.1 Å². The van der Waals surface area contributed by atoms with Gasteiger partial charge in [0.2, 0.25) is 0 Å². The zero-order valence-corrected chi connectivity index (χ0v) is 16.3. The summed E-state index contributed by atoms with van der Waals surface area (Å²) in [6, 6.07) is 10.6. The number of nitrogens with one attached hydrogen (secondary N) is 2. The predicted molar refractivity (Wildman–Crippen MR) is 111 cm³/mol. The van der Waals surface area contributed by atoms with Gasteiger partial charge in [-0.15, -0.1) is 0 Å². The van der Waals surface area contributed by atoms with Crippen molar-refractivity contribution in [3.63, 3.8) is 0 Å². The molecule has 0 spiro atoms. The Bertz CT molecular complexity index is 1170. The number of H-pyrrole nitrogens is 1. The van der Waals surface area contributed by atoms with Crippen LogP contribution in [-0.4, -0.2) is 27.4 Å². The standard InChI is InChI=1S/C23H21FN4O/c1-14-3-8-20(24)22-21(14)19(15(2)28-22)9-10-27-23(29)17-6-4-16(5-7-17)18-11-25-13-26-12-18/h3-8,11-13,28H,9-10H2,1-2H3,(H,27,29). The first-order valence-electron chi connectivity index (χ1n) is 9.44. The second-order valence-electron chi connectivity index (χ2n) is 7.05. The smallest absolute Gasteiger partial charge is 0.251 e. The summed E-state index contributed by atoms with van der Waals surface area (Å²) in [6.45, 7) is 4.37. The number of aromatic nitrogens is 3. The molecule has 0 aliphatic heterocycles. The number of aromatic amines is 1. The fraction of sp³-hybridized carbons (Fsp3) is 0.174. The Hall–Kier alpha value is -3.54. The predicted octanol–water partition coefficient (Wildman–Crippen LogP) is 4.35. The van der Waals surface area contributed by atoms with Crippen LogP contribution in [0.1, 0.15) is 27.2 Å². The quantitative estimate of drug-likeness (QED) is 0.534. The van der Waals surface area contributed by atoms with E-state index in [0.29, 0.717) is 24.0 Å². The van der Waals surface area contributed by atoms with E-state index in [9.17, 15) is 9.18 Å². The zero-order valence-electron chi connectivity index (χ0n) is 16.3. The van der Waals surface area contributed by atoms with Crippen LogP contribution >= 0.6 is 0 Å². The summed E-state index contributed by atoms with van der Waals surface area (Å²) in [6.07, 6.45) is 5.57. The maximum Gasteiger partial charge on any atom is 0.251 e. The molecule has 0 fully saturated rings. The second kappa shape index (κ2) is 7.83. The van der Waals surface area contributed by atoms with Gasteiger partial charge in [0.15, 0.2) is 0 Å². The highest BCUT2D eigenvalue weighted by Crippen LogP contribution is 2.27. The van der Waals surface area contributed by atoms with Crippen LogP contribution in [0, 0.1) is 19.7 Å². The first kappa shape index (κ1) is 18.8. The van der Waals surface area contributed by atoms with E-state index < -0.39 is 0 Å². The van der Waals surface area contributed by atoms with Crippen molar-refractivity contribution in [3.8, 4) is 11.1 Å². The van der Waals surface area contributed by atoms with E-state index in [1.165, 1.54) is 12.4 Å². The number of amides is 1. The van der Waals surface area contributed by atoms with Crippen molar-refractivity contribution in [2.24, 2.45) is 0 Å². The summed E-state index contributed by atoms with van der Waals surface area (Å²) in [5.74, 6) is -0.394. The topological polar surface area (TPSA) is 70.7 Å². The molecule has 2 heterocycles. The molecule has 0 saturated carbocycles. The largest absolute Gasteiger partial charge is 0.356 e. The molecule has 0 atom stereocenters. The number of hydrogen-bond acceptors (Lipinski definition) is 3. The van der Waals surface area contributed by atoms with Gasteiger partial charge in [-0.05, 0) is 55.2 Å². The lowest BCUT2D eigenvalue weighted by Gasteiger charge is -2.08. The van der Waals surface area contributed by atoms with E-state index >= 15 is 0 Å². The Morgan fingerprint density at radius 3 is 2.48 bits per heavy atom. The van der Waals surface area contributed by atoms with Gasteiger partial charge >= 0.3 is 0 Å². The molecule has 2 aromatic carbocycles. The minimum atomic E-state index is -0.257. The van der Waals surface area contributed by atoms with Gasteiger partial charge in [-0.1, -0.05) is 18.2 Å². The molecule has 0 saturated heterocycles. The molecule has 29 heavy (non-hydrogen) atoms. The number of hydrogen-bond donors (Lipinski definition) is 2. The van der Waals surface area contributed by atoms with Gasteiger partial charge in [0, 0.05) is 41.1 Å². The van der Waals surface area contributed by atoms with Crippen LogP contribution in [0.4, 0.5) is 4.39 Å². The van der Waals surface area contributed by atoms with E-state index in [1.807, 2.05) is 26.0 Å². The lowest BCUT2D eigenvalue weighted by Crippen LogP contribution is -2.25. The van der Waals surface area contributed by atoms with Crippen LogP contribution in [0.25, 0.3) is 22.0 Å². The number of halogens is 1. The number of benzene rings is 2. The van der Waals surface area contributed by atoms with Crippen molar-refractivity contribution in [1.82, 2.24) is 20.3 Å². The molecular formula is C23H21FN4O. The SMILES string of the molecule is Cc1[nH]c2c(F)ccc(C)c2c1CCNC(=O)c1ccc(-c2cncnc2)cc1. The Morgan fingerprint density at radius 1 is 1.03 bits per heavy atom. The molecule has 0 aliphatic carbocycles. The lowest BCUT2D eigenvalue weighted by atomic mass is 10.0. The van der Waals surface area contributed by atoms with E-state index in [4.69, 9.17) is 0 Å². The molecule has 5 nitrogen and oxygen atoms in total. The van der Waals surface area contributed by atoms with E-state index in [1.54, 1.807) is 30.6 Å². The van der Waals surface area contributed by atoms with Gasteiger partial charge < -0.3 is 10.3 Å². The normalized spacial score (nSPS) is 11.0. The molecule has 146 valence electrons. The van der Waals surface area contributed by atoms with Crippen LogP contribution in [-0.2, 0) is 6.42 Å².